The Balaban J connectivity index is 0.000000476. The number of hydrogen-bond acceptors (Lipinski definition) is 4. The van der Waals surface area contributed by atoms with E-state index in [1.165, 1.54) is 57.1 Å². The summed E-state index contributed by atoms with van der Waals surface area (Å²) in [5.74, 6) is -0.0625. The molecule has 3 nitrogen and oxygen atoms in total. The summed E-state index contributed by atoms with van der Waals surface area (Å²) in [6, 6.07) is 20.4. The van der Waals surface area contributed by atoms with Crippen LogP contribution >= 0.6 is 11.3 Å². The summed E-state index contributed by atoms with van der Waals surface area (Å²) >= 11 is 1.85. The Morgan fingerprint density at radius 1 is 1.06 bits per heavy atom. The van der Waals surface area contributed by atoms with Gasteiger partial charge in [0.1, 0.15) is 0 Å². The van der Waals surface area contributed by atoms with E-state index in [4.69, 9.17) is 5.11 Å². The Morgan fingerprint density at radius 2 is 1.71 bits per heavy atom. The smallest absolute Gasteiger partial charge is 0.155 e. The second kappa shape index (κ2) is 11.9. The number of thiophene rings is 1. The average molecular weight is 663 g/mol. The van der Waals surface area contributed by atoms with Gasteiger partial charge in [-0.15, -0.1) is 47.2 Å². The Hall–Kier alpha value is -2.59. The third kappa shape index (κ3) is 7.44. The van der Waals surface area contributed by atoms with Gasteiger partial charge in [0.25, 0.3) is 0 Å². The van der Waals surface area contributed by atoms with Crippen molar-refractivity contribution in [1.29, 1.82) is 0 Å². The summed E-state index contributed by atoms with van der Waals surface area (Å²) in [6.45, 7) is 14.1. The number of carbonyl (C=O) groups excluding carboxylic acids is 1. The molecule has 0 aliphatic heterocycles. The summed E-state index contributed by atoms with van der Waals surface area (Å²) < 4.78 is 1.27. The maximum Gasteiger partial charge on any atom is 0.155 e. The van der Waals surface area contributed by atoms with Crippen LogP contribution in [0.2, 0.25) is 0 Å². The fourth-order valence-corrected chi connectivity index (χ4v) is 5.08. The van der Waals surface area contributed by atoms with Crippen molar-refractivity contribution in [2.45, 2.75) is 53.9 Å². The van der Waals surface area contributed by atoms with Gasteiger partial charge in [-0.3, -0.25) is 4.79 Å². The Labute approximate surface area is 226 Å². The number of hydrogen-bond donors (Lipinski definition) is 1. The number of aromatic nitrogens is 1. The molecule has 1 radical (unpaired) electrons. The van der Waals surface area contributed by atoms with Crippen molar-refractivity contribution in [3.8, 4) is 21.7 Å². The van der Waals surface area contributed by atoms with Crippen molar-refractivity contribution in [1.82, 2.24) is 4.98 Å². The van der Waals surface area contributed by atoms with Crippen LogP contribution in [0.3, 0.4) is 0 Å². The first-order valence-electron chi connectivity index (χ1n) is 11.3. The molecule has 0 saturated carbocycles. The number of carbonyl (C=O) groups is 1. The number of aliphatic hydroxyl groups is 1. The van der Waals surface area contributed by atoms with E-state index in [9.17, 15) is 4.79 Å². The summed E-state index contributed by atoms with van der Waals surface area (Å²) in [5.41, 5.74) is 7.62. The van der Waals surface area contributed by atoms with Crippen molar-refractivity contribution in [3.05, 3.63) is 89.3 Å². The third-order valence-corrected chi connectivity index (χ3v) is 6.56. The van der Waals surface area contributed by atoms with Crippen molar-refractivity contribution in [2.75, 3.05) is 0 Å². The van der Waals surface area contributed by atoms with Crippen LogP contribution in [0.1, 0.15) is 51.3 Å². The van der Waals surface area contributed by atoms with Crippen LogP contribution in [0.15, 0.2) is 66.6 Å². The Kier molecular flexibility index (Phi) is 9.74. The normalized spacial score (nSPS) is 11.5. The number of pyridine rings is 1. The van der Waals surface area contributed by atoms with Crippen molar-refractivity contribution < 1.29 is 30.0 Å². The Bertz CT molecular complexity index is 1320. The molecule has 0 fully saturated rings. The molecule has 4 rings (SSSR count). The van der Waals surface area contributed by atoms with Gasteiger partial charge < -0.3 is 10.1 Å². The number of nitrogens with zero attached hydrogens (tertiary/aromatic N) is 1. The minimum atomic E-state index is -0.125. The topological polar surface area (TPSA) is 50.2 Å². The molecule has 0 saturated heterocycles. The predicted octanol–water partition coefficient (Wildman–Crippen LogP) is 8.38. The van der Waals surface area contributed by atoms with Crippen LogP contribution in [0, 0.1) is 19.9 Å². The van der Waals surface area contributed by atoms with Gasteiger partial charge in [-0.2, -0.15) is 0 Å². The number of aliphatic hydroxyl groups excluding tert-OH is 1. The first-order chi connectivity index (χ1) is 16.0. The fraction of sp³-hybridized carbons (Fsp3) is 0.267. The number of rotatable bonds is 3. The molecule has 0 aliphatic rings. The average Bonchev–Trinajstić information content (AvgIpc) is 3.15. The van der Waals surface area contributed by atoms with Gasteiger partial charge in [-0.1, -0.05) is 39.0 Å². The van der Waals surface area contributed by atoms with Crippen molar-refractivity contribution >= 4 is 27.2 Å². The minimum Gasteiger partial charge on any atom is -0.512 e. The summed E-state index contributed by atoms with van der Waals surface area (Å²) in [7, 11) is 0. The van der Waals surface area contributed by atoms with E-state index < -0.39 is 0 Å². The predicted molar refractivity (Wildman–Crippen MR) is 145 cm³/mol. The molecule has 35 heavy (non-hydrogen) atoms. The van der Waals surface area contributed by atoms with Crippen LogP contribution < -0.4 is 0 Å². The summed E-state index contributed by atoms with van der Waals surface area (Å²) in [4.78, 5) is 16.0. The summed E-state index contributed by atoms with van der Waals surface area (Å²) in [6.07, 6.45) is 3.15. The molecule has 0 unspecified atom stereocenters. The van der Waals surface area contributed by atoms with Crippen molar-refractivity contribution in [3.63, 3.8) is 0 Å². The zero-order valence-corrected chi connectivity index (χ0v) is 24.5. The van der Waals surface area contributed by atoms with Gasteiger partial charge >= 0.3 is 0 Å². The second-order valence-electron chi connectivity index (χ2n) is 9.63. The van der Waals surface area contributed by atoms with Crippen LogP contribution in [0.5, 0.6) is 0 Å². The second-order valence-corrected chi connectivity index (χ2v) is 10.7. The largest absolute Gasteiger partial charge is 0.512 e. The van der Waals surface area contributed by atoms with E-state index in [0.29, 0.717) is 0 Å². The van der Waals surface area contributed by atoms with Crippen LogP contribution in [0.4, 0.5) is 0 Å². The molecule has 4 aromatic rings. The monoisotopic (exact) mass is 663 g/mol. The standard InChI is InChI=1S/C25H24NS.C5H8O2.Ir/c1-16-11-20(25(3,4)5)12-17(2)24(16)23-13-19-15-26-21(14-22(19)27-23)18-9-7-6-8-10-18;1-4(6)3-5(2)7;/h6-9,11-15H,1-5H3;3,6H,1-2H3;/q-1;;/b;4-3-;. The molecular weight excluding hydrogens is 631 g/mol. The number of aryl methyl sites for hydroxylation is 2. The fourth-order valence-electron chi connectivity index (χ4n) is 3.84. The van der Waals surface area contributed by atoms with Crippen LogP contribution in [-0.4, -0.2) is 15.9 Å². The van der Waals surface area contributed by atoms with E-state index in [0.717, 1.165) is 11.3 Å². The van der Waals surface area contributed by atoms with E-state index in [1.54, 1.807) is 0 Å². The molecule has 185 valence electrons. The molecule has 0 amide bonds. The molecular formula is C30H32IrNO2S-. The van der Waals surface area contributed by atoms with Gasteiger partial charge in [-0.05, 0) is 67.1 Å². The number of allylic oxidation sites excluding steroid dienone is 2. The van der Waals surface area contributed by atoms with E-state index in [1.807, 2.05) is 35.7 Å². The summed E-state index contributed by atoms with van der Waals surface area (Å²) in [5, 5.41) is 9.57. The molecule has 0 bridgehead atoms. The first kappa shape index (κ1) is 28.6. The van der Waals surface area contributed by atoms with Gasteiger partial charge in [0.2, 0.25) is 0 Å². The molecule has 2 aromatic carbocycles. The van der Waals surface area contributed by atoms with Crippen molar-refractivity contribution in [2.24, 2.45) is 0 Å². The van der Waals surface area contributed by atoms with E-state index >= 15 is 0 Å². The zero-order valence-electron chi connectivity index (χ0n) is 21.3. The van der Waals surface area contributed by atoms with Crippen LogP contribution in [0.25, 0.3) is 31.8 Å². The van der Waals surface area contributed by atoms with Crippen LogP contribution in [-0.2, 0) is 30.3 Å². The quantitative estimate of drug-likeness (QED) is 0.136. The van der Waals surface area contributed by atoms with E-state index in [-0.39, 0.29) is 37.1 Å². The van der Waals surface area contributed by atoms with Gasteiger partial charge in [0.15, 0.2) is 5.78 Å². The number of benzene rings is 2. The molecule has 5 heteroatoms. The Morgan fingerprint density at radius 3 is 2.20 bits per heavy atom. The van der Waals surface area contributed by atoms with Gasteiger partial charge in [0, 0.05) is 47.3 Å². The number of fused-ring (bicyclic) bond motifs is 1. The molecule has 1 N–H and O–H groups in total. The minimum absolute atomic E-state index is 0. The molecule has 0 spiro atoms. The molecule has 2 heterocycles. The zero-order chi connectivity index (χ0) is 25.0. The SMILES string of the molecule is CC(=O)/C=C(/C)O.Cc1cc(C(C)(C)C)cc(C)c1-c1cc2cnc(-c3[c-]cccc3)cc2s1.[Ir]. The molecule has 2 aromatic heterocycles. The maximum absolute atomic E-state index is 10.0. The third-order valence-electron chi connectivity index (χ3n) is 5.44. The van der Waals surface area contributed by atoms with Gasteiger partial charge in [-0.25, -0.2) is 0 Å². The number of ketones is 1. The van der Waals surface area contributed by atoms with E-state index in [2.05, 4.69) is 76.0 Å². The molecule has 0 aliphatic carbocycles. The molecule has 0 atom stereocenters. The van der Waals surface area contributed by atoms with Gasteiger partial charge in [0.05, 0.1) is 5.76 Å². The maximum atomic E-state index is 10.0. The first-order valence-corrected chi connectivity index (χ1v) is 12.1.